The first-order valence-corrected chi connectivity index (χ1v) is 9.99. The van der Waals surface area contributed by atoms with Gasteiger partial charge in [-0.15, -0.1) is 0 Å². The van der Waals surface area contributed by atoms with Crippen molar-refractivity contribution in [3.63, 3.8) is 0 Å². The number of anilines is 1. The van der Waals surface area contributed by atoms with Gasteiger partial charge in [-0.2, -0.15) is 0 Å². The van der Waals surface area contributed by atoms with Gasteiger partial charge in [0.05, 0.1) is 0 Å². The topological polar surface area (TPSA) is 102 Å². The van der Waals surface area contributed by atoms with Gasteiger partial charge in [0.25, 0.3) is 5.91 Å². The highest BCUT2D eigenvalue weighted by Crippen LogP contribution is 2.18. The molecule has 0 atom stereocenters. The number of esters is 1. The number of carbonyl (C=O) groups excluding carboxylic acids is 4. The van der Waals surface area contributed by atoms with Crippen LogP contribution in [0.3, 0.4) is 0 Å². The molecule has 158 valence electrons. The van der Waals surface area contributed by atoms with Crippen molar-refractivity contribution in [3.05, 3.63) is 64.1 Å². The lowest BCUT2D eigenvalue weighted by Gasteiger charge is -2.17. The number of ether oxygens (including phenoxy) is 1. The molecule has 0 aliphatic rings. The number of hydrogen-bond donors (Lipinski definition) is 2. The van der Waals surface area contributed by atoms with E-state index in [2.05, 4.69) is 26.6 Å². The Morgan fingerprint density at radius 2 is 1.47 bits per heavy atom. The van der Waals surface area contributed by atoms with Gasteiger partial charge in [0, 0.05) is 26.7 Å². The lowest BCUT2D eigenvalue weighted by Crippen LogP contribution is -2.31. The van der Waals surface area contributed by atoms with Crippen LogP contribution in [0.1, 0.15) is 41.5 Å². The second kappa shape index (κ2) is 10.2. The summed E-state index contributed by atoms with van der Waals surface area (Å²) in [6.45, 7) is 4.61. The summed E-state index contributed by atoms with van der Waals surface area (Å²) in [5, 5.41) is 5.20. The van der Waals surface area contributed by atoms with Gasteiger partial charge in [-0.05, 0) is 48.5 Å². The summed E-state index contributed by atoms with van der Waals surface area (Å²) in [5.41, 5.74) is 0.783. The molecule has 0 aliphatic carbocycles. The van der Waals surface area contributed by atoms with E-state index < -0.39 is 29.7 Å². The lowest BCUT2D eigenvalue weighted by atomic mass is 9.95. The lowest BCUT2D eigenvalue weighted by molar-refractivity contribution is -0.141. The fraction of sp³-hybridized carbons (Fsp3) is 0.273. The first-order valence-electron chi connectivity index (χ1n) is 9.20. The van der Waals surface area contributed by atoms with E-state index in [0.29, 0.717) is 16.8 Å². The summed E-state index contributed by atoms with van der Waals surface area (Å²) in [6.07, 6.45) is 0. The van der Waals surface area contributed by atoms with E-state index in [-0.39, 0.29) is 12.5 Å². The van der Waals surface area contributed by atoms with Crippen molar-refractivity contribution in [1.82, 2.24) is 5.32 Å². The maximum absolute atomic E-state index is 12.2. The molecule has 2 rings (SSSR count). The molecule has 2 aromatic rings. The highest BCUT2D eigenvalue weighted by Gasteiger charge is 2.21. The van der Waals surface area contributed by atoms with Crippen LogP contribution in [0.25, 0.3) is 0 Å². The molecule has 30 heavy (non-hydrogen) atoms. The molecule has 0 aliphatic heterocycles. The number of ketones is 1. The van der Waals surface area contributed by atoms with Gasteiger partial charge in [-0.3, -0.25) is 19.2 Å². The molecular formula is C22H23BrN2O5. The Hall–Kier alpha value is -3.00. The minimum atomic E-state index is -0.720. The van der Waals surface area contributed by atoms with E-state index in [1.54, 1.807) is 69.3 Å². The third-order valence-electron chi connectivity index (χ3n) is 4.01. The van der Waals surface area contributed by atoms with Crippen LogP contribution in [-0.2, 0) is 14.3 Å². The SMILES string of the molecule is CC(C)(C)C(=O)Nc1ccc(C(=O)COC(=O)CNC(=O)c2ccc(Br)cc2)cc1. The zero-order chi connectivity index (χ0) is 22.3. The predicted molar refractivity (Wildman–Crippen MR) is 116 cm³/mol. The van der Waals surface area contributed by atoms with Crippen LogP contribution in [-0.4, -0.2) is 36.7 Å². The number of halogens is 1. The van der Waals surface area contributed by atoms with E-state index in [4.69, 9.17) is 4.74 Å². The normalized spacial score (nSPS) is 10.8. The van der Waals surface area contributed by atoms with Gasteiger partial charge in [-0.25, -0.2) is 0 Å². The van der Waals surface area contributed by atoms with E-state index >= 15 is 0 Å². The molecule has 0 spiro atoms. The molecule has 0 saturated heterocycles. The molecule has 0 fully saturated rings. The van der Waals surface area contributed by atoms with Crippen LogP contribution in [0.2, 0.25) is 0 Å². The number of Topliss-reactive ketones (excluding diaryl/α,β-unsaturated/α-hetero) is 1. The van der Waals surface area contributed by atoms with Crippen LogP contribution in [0.15, 0.2) is 53.0 Å². The smallest absolute Gasteiger partial charge is 0.325 e. The molecule has 0 saturated carbocycles. The predicted octanol–water partition coefficient (Wildman–Crippen LogP) is 3.59. The van der Waals surface area contributed by atoms with Gasteiger partial charge in [0.15, 0.2) is 12.4 Å². The average molecular weight is 475 g/mol. The van der Waals surface area contributed by atoms with Crippen LogP contribution in [0, 0.1) is 5.41 Å². The van der Waals surface area contributed by atoms with Crippen LogP contribution >= 0.6 is 15.9 Å². The Morgan fingerprint density at radius 1 is 0.900 bits per heavy atom. The van der Waals surface area contributed by atoms with Gasteiger partial charge >= 0.3 is 5.97 Å². The van der Waals surface area contributed by atoms with Crippen molar-refractivity contribution in [2.45, 2.75) is 20.8 Å². The summed E-state index contributed by atoms with van der Waals surface area (Å²) in [7, 11) is 0. The summed E-state index contributed by atoms with van der Waals surface area (Å²) in [5.74, 6) is -1.67. The standard InChI is InChI=1S/C22H23BrN2O5/c1-22(2,3)21(29)25-17-10-6-14(7-11-17)18(26)13-30-19(27)12-24-20(28)15-4-8-16(23)9-5-15/h4-11H,12-13H2,1-3H3,(H,24,28)(H,25,29). The van der Waals surface area contributed by atoms with E-state index in [9.17, 15) is 19.2 Å². The fourth-order valence-electron chi connectivity index (χ4n) is 2.19. The monoisotopic (exact) mass is 474 g/mol. The first-order chi connectivity index (χ1) is 14.1. The van der Waals surface area contributed by atoms with Crippen molar-refractivity contribution < 1.29 is 23.9 Å². The number of carbonyl (C=O) groups is 4. The zero-order valence-corrected chi connectivity index (χ0v) is 18.5. The summed E-state index contributed by atoms with van der Waals surface area (Å²) in [6, 6.07) is 13.0. The Labute approximate surface area is 183 Å². The average Bonchev–Trinajstić information content (AvgIpc) is 2.70. The van der Waals surface area contributed by atoms with Crippen molar-refractivity contribution in [1.29, 1.82) is 0 Å². The molecule has 8 heteroatoms. The molecule has 7 nitrogen and oxygen atoms in total. The van der Waals surface area contributed by atoms with Crippen LogP contribution in [0.5, 0.6) is 0 Å². The molecule has 0 unspecified atom stereocenters. The van der Waals surface area contributed by atoms with Crippen LogP contribution < -0.4 is 10.6 Å². The Balaban J connectivity index is 1.79. The molecule has 0 radical (unpaired) electrons. The summed E-state index contributed by atoms with van der Waals surface area (Å²) < 4.78 is 5.76. The molecule has 2 amide bonds. The Kier molecular flexibility index (Phi) is 7.88. The second-order valence-corrected chi connectivity index (χ2v) is 8.47. The van der Waals surface area contributed by atoms with Crippen molar-refractivity contribution >= 4 is 45.2 Å². The molecule has 0 bridgehead atoms. The van der Waals surface area contributed by atoms with E-state index in [0.717, 1.165) is 4.47 Å². The number of benzene rings is 2. The second-order valence-electron chi connectivity index (χ2n) is 7.55. The van der Waals surface area contributed by atoms with Crippen molar-refractivity contribution in [2.24, 2.45) is 5.41 Å². The third kappa shape index (κ3) is 7.11. The van der Waals surface area contributed by atoms with Crippen molar-refractivity contribution in [3.8, 4) is 0 Å². The third-order valence-corrected chi connectivity index (χ3v) is 4.54. The van der Waals surface area contributed by atoms with Gasteiger partial charge in [-0.1, -0.05) is 36.7 Å². The van der Waals surface area contributed by atoms with E-state index in [1.165, 1.54) is 0 Å². The Bertz CT molecular complexity index is 931. The summed E-state index contributed by atoms with van der Waals surface area (Å²) >= 11 is 3.28. The Morgan fingerprint density at radius 3 is 2.03 bits per heavy atom. The number of hydrogen-bond acceptors (Lipinski definition) is 5. The van der Waals surface area contributed by atoms with Gasteiger partial charge in [0.2, 0.25) is 5.91 Å². The molecule has 2 N–H and O–H groups in total. The van der Waals surface area contributed by atoms with Crippen LogP contribution in [0.4, 0.5) is 5.69 Å². The number of rotatable bonds is 7. The van der Waals surface area contributed by atoms with E-state index in [1.807, 2.05) is 0 Å². The van der Waals surface area contributed by atoms with Gasteiger partial charge in [0.1, 0.15) is 6.54 Å². The molecular weight excluding hydrogens is 452 g/mol. The summed E-state index contributed by atoms with van der Waals surface area (Å²) in [4.78, 5) is 47.9. The zero-order valence-electron chi connectivity index (χ0n) is 17.0. The van der Waals surface area contributed by atoms with Gasteiger partial charge < -0.3 is 15.4 Å². The fourth-order valence-corrected chi connectivity index (χ4v) is 2.46. The van der Waals surface area contributed by atoms with Crippen molar-refractivity contribution in [2.75, 3.05) is 18.5 Å². The molecule has 0 heterocycles. The number of amides is 2. The minimum absolute atomic E-state index is 0.138. The molecule has 0 aromatic heterocycles. The first kappa shape index (κ1) is 23.3. The highest BCUT2D eigenvalue weighted by molar-refractivity contribution is 9.10. The largest absolute Gasteiger partial charge is 0.456 e. The minimum Gasteiger partial charge on any atom is -0.456 e. The quantitative estimate of drug-likeness (QED) is 0.471. The molecule has 2 aromatic carbocycles. The maximum Gasteiger partial charge on any atom is 0.325 e. The maximum atomic E-state index is 12.2. The highest BCUT2D eigenvalue weighted by atomic mass is 79.9. The number of nitrogens with one attached hydrogen (secondary N) is 2.